The van der Waals surface area contributed by atoms with Crippen LogP contribution in [0.25, 0.3) is 0 Å². The number of rotatable bonds is 4. The van der Waals surface area contributed by atoms with Gasteiger partial charge in [-0.05, 0) is 25.5 Å². The Bertz CT molecular complexity index is 340. The van der Waals surface area contributed by atoms with E-state index in [1.807, 2.05) is 19.1 Å². The molecule has 84 valence electrons. The first-order valence-corrected chi connectivity index (χ1v) is 5.54. The molecule has 0 aliphatic carbocycles. The molecule has 0 saturated heterocycles. The van der Waals surface area contributed by atoms with Crippen LogP contribution in [0.1, 0.15) is 12.5 Å². The molecule has 15 heavy (non-hydrogen) atoms. The zero-order valence-electron chi connectivity index (χ0n) is 9.21. The lowest BCUT2D eigenvalue weighted by Crippen LogP contribution is -2.18. The van der Waals surface area contributed by atoms with E-state index in [0.717, 1.165) is 28.0 Å². The summed E-state index contributed by atoms with van der Waals surface area (Å²) in [6.45, 7) is 1.96. The number of halogens is 1. The average Bonchev–Trinajstić information content (AvgIpc) is 2.20. The third-order valence-electron chi connectivity index (χ3n) is 2.12. The lowest BCUT2D eigenvalue weighted by atomic mass is 10.1. The monoisotopic (exact) mass is 273 g/mol. The molecule has 0 aliphatic rings. The molecule has 0 radical (unpaired) electrons. The van der Waals surface area contributed by atoms with E-state index in [4.69, 9.17) is 15.2 Å². The molecule has 1 aromatic rings. The lowest BCUT2D eigenvalue weighted by Gasteiger charge is -2.15. The smallest absolute Gasteiger partial charge is 0.165 e. The SMILES string of the molecule is COc1ccc(Br)c(CC(C)N)c1OC. The van der Waals surface area contributed by atoms with Crippen LogP contribution in [0.5, 0.6) is 11.5 Å². The van der Waals surface area contributed by atoms with E-state index in [0.29, 0.717) is 0 Å². The Morgan fingerprint density at radius 3 is 2.47 bits per heavy atom. The first-order valence-electron chi connectivity index (χ1n) is 4.75. The number of benzene rings is 1. The number of methoxy groups -OCH3 is 2. The number of ether oxygens (including phenoxy) is 2. The van der Waals surface area contributed by atoms with Crippen LogP contribution in [0.3, 0.4) is 0 Å². The van der Waals surface area contributed by atoms with Gasteiger partial charge in [-0.2, -0.15) is 0 Å². The minimum absolute atomic E-state index is 0.0855. The molecule has 0 fully saturated rings. The fourth-order valence-electron chi connectivity index (χ4n) is 1.48. The molecule has 4 heteroatoms. The molecule has 0 aliphatic heterocycles. The van der Waals surface area contributed by atoms with Gasteiger partial charge in [0.1, 0.15) is 0 Å². The Morgan fingerprint density at radius 2 is 2.00 bits per heavy atom. The summed E-state index contributed by atoms with van der Waals surface area (Å²) in [5.41, 5.74) is 6.84. The van der Waals surface area contributed by atoms with E-state index in [-0.39, 0.29) is 6.04 Å². The molecule has 1 unspecified atom stereocenters. The molecule has 3 nitrogen and oxygen atoms in total. The minimum atomic E-state index is 0.0855. The van der Waals surface area contributed by atoms with Crippen molar-refractivity contribution in [3.05, 3.63) is 22.2 Å². The molecule has 1 rings (SSSR count). The highest BCUT2D eigenvalue weighted by molar-refractivity contribution is 9.10. The summed E-state index contributed by atoms with van der Waals surface area (Å²) in [7, 11) is 3.26. The highest BCUT2D eigenvalue weighted by atomic mass is 79.9. The number of nitrogens with two attached hydrogens (primary N) is 1. The fraction of sp³-hybridized carbons (Fsp3) is 0.455. The van der Waals surface area contributed by atoms with Crippen LogP contribution >= 0.6 is 15.9 Å². The summed E-state index contributed by atoms with van der Waals surface area (Å²) in [5.74, 6) is 1.49. The summed E-state index contributed by atoms with van der Waals surface area (Å²) in [6, 6.07) is 3.90. The van der Waals surface area contributed by atoms with Crippen LogP contribution in [0.4, 0.5) is 0 Å². The van der Waals surface area contributed by atoms with Gasteiger partial charge in [-0.25, -0.2) is 0 Å². The Kier molecular flexibility index (Phi) is 4.42. The van der Waals surface area contributed by atoms with Crippen molar-refractivity contribution in [2.45, 2.75) is 19.4 Å². The van der Waals surface area contributed by atoms with E-state index < -0.39 is 0 Å². The highest BCUT2D eigenvalue weighted by Gasteiger charge is 2.14. The minimum Gasteiger partial charge on any atom is -0.493 e. The van der Waals surface area contributed by atoms with Crippen LogP contribution in [-0.2, 0) is 6.42 Å². The largest absolute Gasteiger partial charge is 0.493 e. The van der Waals surface area contributed by atoms with Gasteiger partial charge in [0.05, 0.1) is 14.2 Å². The van der Waals surface area contributed by atoms with Crippen molar-refractivity contribution in [1.82, 2.24) is 0 Å². The summed E-state index contributed by atoms with van der Waals surface area (Å²) in [6.07, 6.45) is 0.751. The van der Waals surface area contributed by atoms with E-state index >= 15 is 0 Å². The Labute approximate surface area is 98.7 Å². The van der Waals surface area contributed by atoms with Crippen molar-refractivity contribution in [3.63, 3.8) is 0 Å². The average molecular weight is 274 g/mol. The van der Waals surface area contributed by atoms with E-state index in [1.54, 1.807) is 14.2 Å². The third kappa shape index (κ3) is 2.86. The van der Waals surface area contributed by atoms with Crippen LogP contribution in [0.2, 0.25) is 0 Å². The standard InChI is InChI=1S/C11H16BrNO2/c1-7(13)6-8-9(12)4-5-10(14-2)11(8)15-3/h4-5,7H,6,13H2,1-3H3. The zero-order chi connectivity index (χ0) is 11.4. The molecule has 0 saturated carbocycles. The van der Waals surface area contributed by atoms with Crippen LogP contribution in [-0.4, -0.2) is 20.3 Å². The van der Waals surface area contributed by atoms with Crippen molar-refractivity contribution in [1.29, 1.82) is 0 Å². The van der Waals surface area contributed by atoms with Crippen LogP contribution < -0.4 is 15.2 Å². The van der Waals surface area contributed by atoms with E-state index in [2.05, 4.69) is 15.9 Å². The van der Waals surface area contributed by atoms with Gasteiger partial charge >= 0.3 is 0 Å². The van der Waals surface area contributed by atoms with Crippen molar-refractivity contribution in [2.24, 2.45) is 5.73 Å². The van der Waals surface area contributed by atoms with Gasteiger partial charge in [0.25, 0.3) is 0 Å². The first-order chi connectivity index (χ1) is 7.10. The molecular formula is C11H16BrNO2. The maximum atomic E-state index is 5.79. The predicted molar refractivity (Wildman–Crippen MR) is 64.6 cm³/mol. The highest BCUT2D eigenvalue weighted by Crippen LogP contribution is 2.36. The zero-order valence-corrected chi connectivity index (χ0v) is 10.8. The Hall–Kier alpha value is -0.740. The molecule has 1 aromatic carbocycles. The summed E-state index contributed by atoms with van der Waals surface area (Å²) < 4.78 is 11.6. The lowest BCUT2D eigenvalue weighted by molar-refractivity contribution is 0.350. The molecule has 0 amide bonds. The normalized spacial score (nSPS) is 12.3. The second-order valence-electron chi connectivity index (χ2n) is 3.44. The van der Waals surface area contributed by atoms with Gasteiger partial charge in [0, 0.05) is 16.1 Å². The number of hydrogen-bond acceptors (Lipinski definition) is 3. The quantitative estimate of drug-likeness (QED) is 0.916. The maximum Gasteiger partial charge on any atom is 0.165 e. The molecule has 0 spiro atoms. The second kappa shape index (κ2) is 5.37. The van der Waals surface area contributed by atoms with Crippen LogP contribution in [0, 0.1) is 0 Å². The Morgan fingerprint density at radius 1 is 1.33 bits per heavy atom. The van der Waals surface area contributed by atoms with E-state index in [9.17, 15) is 0 Å². The second-order valence-corrected chi connectivity index (χ2v) is 4.30. The van der Waals surface area contributed by atoms with Gasteiger partial charge in [-0.1, -0.05) is 15.9 Å². The molecule has 2 N–H and O–H groups in total. The summed E-state index contributed by atoms with van der Waals surface area (Å²) in [5, 5.41) is 0. The van der Waals surface area contributed by atoms with Crippen LogP contribution in [0.15, 0.2) is 16.6 Å². The Balaban J connectivity index is 3.19. The van der Waals surface area contributed by atoms with Gasteiger partial charge < -0.3 is 15.2 Å². The van der Waals surface area contributed by atoms with Gasteiger partial charge in [0.15, 0.2) is 11.5 Å². The summed E-state index contributed by atoms with van der Waals surface area (Å²) >= 11 is 3.49. The van der Waals surface area contributed by atoms with Crippen molar-refractivity contribution >= 4 is 15.9 Å². The fourth-order valence-corrected chi connectivity index (χ4v) is 1.95. The van der Waals surface area contributed by atoms with Gasteiger partial charge in [-0.15, -0.1) is 0 Å². The first kappa shape index (κ1) is 12.3. The van der Waals surface area contributed by atoms with Crippen molar-refractivity contribution in [3.8, 4) is 11.5 Å². The third-order valence-corrected chi connectivity index (χ3v) is 2.86. The molecular weight excluding hydrogens is 258 g/mol. The topological polar surface area (TPSA) is 44.5 Å². The van der Waals surface area contributed by atoms with Crippen molar-refractivity contribution in [2.75, 3.05) is 14.2 Å². The molecule has 0 aromatic heterocycles. The predicted octanol–water partition coefficient (Wildman–Crippen LogP) is 2.36. The maximum absolute atomic E-state index is 5.79. The molecule has 0 bridgehead atoms. The van der Waals surface area contributed by atoms with Gasteiger partial charge in [-0.3, -0.25) is 0 Å². The van der Waals surface area contributed by atoms with Gasteiger partial charge in [0.2, 0.25) is 0 Å². The summed E-state index contributed by atoms with van der Waals surface area (Å²) in [4.78, 5) is 0. The van der Waals surface area contributed by atoms with Crippen molar-refractivity contribution < 1.29 is 9.47 Å². The number of hydrogen-bond donors (Lipinski definition) is 1. The molecule has 0 heterocycles. The molecule has 1 atom stereocenters. The van der Waals surface area contributed by atoms with E-state index in [1.165, 1.54) is 0 Å².